The highest BCUT2D eigenvalue weighted by molar-refractivity contribution is 6.30. The third kappa shape index (κ3) is 4.45. The molecule has 26 heavy (non-hydrogen) atoms. The SMILES string of the molecule is C[C@@H]1CN(CC(=O)NCc2ccc(-c3ccc(Cl)cc3)o2)C[C@H]1C(=O)O. The summed E-state index contributed by atoms with van der Waals surface area (Å²) in [7, 11) is 0. The number of likely N-dealkylation sites (tertiary alicyclic amines) is 1. The first-order valence-electron chi connectivity index (χ1n) is 8.49. The van der Waals surface area contributed by atoms with Crippen LogP contribution < -0.4 is 5.32 Å². The molecule has 0 bridgehead atoms. The van der Waals surface area contributed by atoms with Gasteiger partial charge < -0.3 is 14.8 Å². The molecule has 1 aromatic carbocycles. The lowest BCUT2D eigenvalue weighted by Gasteiger charge is -2.14. The molecule has 0 spiro atoms. The van der Waals surface area contributed by atoms with Gasteiger partial charge in [-0.2, -0.15) is 0 Å². The maximum absolute atomic E-state index is 12.1. The third-order valence-corrected chi connectivity index (χ3v) is 4.87. The lowest BCUT2D eigenvalue weighted by molar-refractivity contribution is -0.142. The molecule has 0 saturated carbocycles. The number of halogens is 1. The Labute approximate surface area is 156 Å². The number of carbonyl (C=O) groups is 2. The van der Waals surface area contributed by atoms with Gasteiger partial charge in [-0.3, -0.25) is 14.5 Å². The van der Waals surface area contributed by atoms with Gasteiger partial charge >= 0.3 is 5.97 Å². The lowest BCUT2D eigenvalue weighted by Crippen LogP contribution is -2.36. The number of hydrogen-bond acceptors (Lipinski definition) is 4. The largest absolute Gasteiger partial charge is 0.481 e. The zero-order valence-corrected chi connectivity index (χ0v) is 15.2. The molecule has 0 unspecified atom stereocenters. The van der Waals surface area contributed by atoms with E-state index in [9.17, 15) is 9.59 Å². The predicted octanol–water partition coefficient (Wildman–Crippen LogP) is 2.87. The van der Waals surface area contributed by atoms with E-state index in [-0.39, 0.29) is 24.9 Å². The Morgan fingerprint density at radius 3 is 2.62 bits per heavy atom. The van der Waals surface area contributed by atoms with E-state index in [1.165, 1.54) is 0 Å². The second-order valence-corrected chi connectivity index (χ2v) is 7.10. The number of amides is 1. The molecule has 0 aliphatic carbocycles. The number of furan rings is 1. The van der Waals surface area contributed by atoms with Crippen molar-refractivity contribution >= 4 is 23.5 Å². The minimum absolute atomic E-state index is 0.0484. The first-order valence-corrected chi connectivity index (χ1v) is 8.86. The average Bonchev–Trinajstić information content (AvgIpc) is 3.20. The zero-order chi connectivity index (χ0) is 18.7. The van der Waals surface area contributed by atoms with E-state index in [0.29, 0.717) is 29.6 Å². The molecule has 7 heteroatoms. The Morgan fingerprint density at radius 1 is 1.23 bits per heavy atom. The maximum atomic E-state index is 12.1. The van der Waals surface area contributed by atoms with Gasteiger partial charge in [0.15, 0.2) is 0 Å². The normalized spacial score (nSPS) is 20.2. The third-order valence-electron chi connectivity index (χ3n) is 4.62. The smallest absolute Gasteiger partial charge is 0.308 e. The Bertz CT molecular complexity index is 787. The highest BCUT2D eigenvalue weighted by Crippen LogP contribution is 2.24. The van der Waals surface area contributed by atoms with Crippen molar-refractivity contribution in [3.63, 3.8) is 0 Å². The Hall–Kier alpha value is -2.31. The van der Waals surface area contributed by atoms with E-state index in [0.717, 1.165) is 5.56 Å². The quantitative estimate of drug-likeness (QED) is 0.810. The van der Waals surface area contributed by atoms with E-state index in [1.54, 1.807) is 12.1 Å². The van der Waals surface area contributed by atoms with Gasteiger partial charge in [0.25, 0.3) is 0 Å². The predicted molar refractivity (Wildman–Crippen MR) is 97.7 cm³/mol. The molecule has 2 N–H and O–H groups in total. The van der Waals surface area contributed by atoms with Gasteiger partial charge in [0.1, 0.15) is 11.5 Å². The van der Waals surface area contributed by atoms with Crippen molar-refractivity contribution in [2.24, 2.45) is 11.8 Å². The number of benzene rings is 1. The van der Waals surface area contributed by atoms with Crippen LogP contribution in [0.2, 0.25) is 5.02 Å². The molecule has 1 aliphatic heterocycles. The number of hydrogen-bond donors (Lipinski definition) is 2. The molecule has 1 fully saturated rings. The topological polar surface area (TPSA) is 82.8 Å². The van der Waals surface area contributed by atoms with Crippen LogP contribution in [0.25, 0.3) is 11.3 Å². The lowest BCUT2D eigenvalue weighted by atomic mass is 9.99. The number of rotatable bonds is 6. The maximum Gasteiger partial charge on any atom is 0.308 e. The average molecular weight is 377 g/mol. The summed E-state index contributed by atoms with van der Waals surface area (Å²) < 4.78 is 5.75. The summed E-state index contributed by atoms with van der Waals surface area (Å²) in [6, 6.07) is 11.0. The van der Waals surface area contributed by atoms with E-state index < -0.39 is 11.9 Å². The van der Waals surface area contributed by atoms with Crippen LogP contribution in [0.5, 0.6) is 0 Å². The highest BCUT2D eigenvalue weighted by Gasteiger charge is 2.35. The molecule has 1 aromatic heterocycles. The minimum Gasteiger partial charge on any atom is -0.481 e. The zero-order valence-electron chi connectivity index (χ0n) is 14.4. The van der Waals surface area contributed by atoms with Crippen molar-refractivity contribution in [1.29, 1.82) is 0 Å². The molecule has 2 atom stereocenters. The fourth-order valence-electron chi connectivity index (χ4n) is 3.20. The Kier molecular flexibility index (Phi) is 5.64. The van der Waals surface area contributed by atoms with E-state index in [4.69, 9.17) is 21.1 Å². The van der Waals surface area contributed by atoms with Crippen LogP contribution in [-0.2, 0) is 16.1 Å². The molecule has 6 nitrogen and oxygen atoms in total. The molecule has 2 heterocycles. The van der Waals surface area contributed by atoms with E-state index in [2.05, 4.69) is 5.32 Å². The summed E-state index contributed by atoms with van der Waals surface area (Å²) in [5.41, 5.74) is 0.915. The van der Waals surface area contributed by atoms with Gasteiger partial charge in [0.05, 0.1) is 19.0 Å². The second-order valence-electron chi connectivity index (χ2n) is 6.67. The molecule has 1 aliphatic rings. The molecule has 2 aromatic rings. The van der Waals surface area contributed by atoms with Crippen LogP contribution >= 0.6 is 11.6 Å². The first-order chi connectivity index (χ1) is 12.4. The Morgan fingerprint density at radius 2 is 1.96 bits per heavy atom. The molecule has 138 valence electrons. The van der Waals surface area contributed by atoms with Crippen LogP contribution in [0.15, 0.2) is 40.8 Å². The summed E-state index contributed by atoms with van der Waals surface area (Å²) in [6.45, 7) is 3.41. The summed E-state index contributed by atoms with van der Waals surface area (Å²) in [6.07, 6.45) is 0. The van der Waals surface area contributed by atoms with Crippen molar-refractivity contribution in [3.8, 4) is 11.3 Å². The molecule has 3 rings (SSSR count). The van der Waals surface area contributed by atoms with Gasteiger partial charge in [0, 0.05) is 23.7 Å². The second kappa shape index (κ2) is 7.93. The van der Waals surface area contributed by atoms with Crippen molar-refractivity contribution in [2.45, 2.75) is 13.5 Å². The van der Waals surface area contributed by atoms with Crippen molar-refractivity contribution < 1.29 is 19.1 Å². The summed E-state index contributed by atoms with van der Waals surface area (Å²) in [5, 5.41) is 12.6. The van der Waals surface area contributed by atoms with E-state index in [1.807, 2.05) is 36.1 Å². The van der Waals surface area contributed by atoms with Crippen molar-refractivity contribution in [2.75, 3.05) is 19.6 Å². The van der Waals surface area contributed by atoms with Gasteiger partial charge in [-0.05, 0) is 42.3 Å². The van der Waals surface area contributed by atoms with Crippen LogP contribution in [0.4, 0.5) is 0 Å². The molecular formula is C19H21ClN2O4. The molecule has 1 amide bonds. The first kappa shape index (κ1) is 18.5. The molecule has 0 radical (unpaired) electrons. The van der Waals surface area contributed by atoms with E-state index >= 15 is 0 Å². The number of carboxylic acid groups (broad SMARTS) is 1. The number of carbonyl (C=O) groups excluding carboxylic acids is 1. The van der Waals surface area contributed by atoms with Gasteiger partial charge in [-0.25, -0.2) is 0 Å². The number of aliphatic carboxylic acids is 1. The van der Waals surface area contributed by atoms with Crippen LogP contribution in [0.1, 0.15) is 12.7 Å². The fourth-order valence-corrected chi connectivity index (χ4v) is 3.33. The minimum atomic E-state index is -0.800. The highest BCUT2D eigenvalue weighted by atomic mass is 35.5. The number of nitrogens with zero attached hydrogens (tertiary/aromatic N) is 1. The molecular weight excluding hydrogens is 356 g/mol. The van der Waals surface area contributed by atoms with Gasteiger partial charge in [-0.15, -0.1) is 0 Å². The standard InChI is InChI=1S/C19H21ClN2O4/c1-12-9-22(10-16(12)19(24)25)11-18(23)21-8-15-6-7-17(26-15)13-2-4-14(20)5-3-13/h2-7,12,16H,8-11H2,1H3,(H,21,23)(H,24,25)/t12-,16-/m1/s1. The van der Waals surface area contributed by atoms with Crippen LogP contribution in [-0.4, -0.2) is 41.5 Å². The van der Waals surface area contributed by atoms with Crippen molar-refractivity contribution in [3.05, 3.63) is 47.2 Å². The van der Waals surface area contributed by atoms with Crippen LogP contribution in [0.3, 0.4) is 0 Å². The van der Waals surface area contributed by atoms with Crippen molar-refractivity contribution in [1.82, 2.24) is 10.2 Å². The van der Waals surface area contributed by atoms with Gasteiger partial charge in [-0.1, -0.05) is 18.5 Å². The summed E-state index contributed by atoms with van der Waals surface area (Å²) >= 11 is 5.88. The summed E-state index contributed by atoms with van der Waals surface area (Å²) in [5.74, 6) is 0.0607. The van der Waals surface area contributed by atoms with Gasteiger partial charge in [0.2, 0.25) is 5.91 Å². The van der Waals surface area contributed by atoms with Crippen LogP contribution in [0, 0.1) is 11.8 Å². The fraction of sp³-hybridized carbons (Fsp3) is 0.368. The number of carboxylic acids is 1. The summed E-state index contributed by atoms with van der Waals surface area (Å²) in [4.78, 5) is 25.1. The number of nitrogens with one attached hydrogen (secondary N) is 1. The monoisotopic (exact) mass is 376 g/mol. The molecule has 1 saturated heterocycles. The Balaban J connectivity index is 1.49.